The van der Waals surface area contributed by atoms with E-state index in [-0.39, 0.29) is 17.1 Å². The summed E-state index contributed by atoms with van der Waals surface area (Å²) in [6.07, 6.45) is 7.40. The predicted octanol–water partition coefficient (Wildman–Crippen LogP) is 0.229. The Bertz CT molecular complexity index is 1390. The number of hydrogen-bond acceptors (Lipinski definition) is 4. The summed E-state index contributed by atoms with van der Waals surface area (Å²) in [6, 6.07) is 31.8. The second-order valence-electron chi connectivity index (χ2n) is 7.27. The SMILES string of the molecule is C1=c2ccccc2=NC=c2ccccc2=NC=c2ccccc2=NC=c2ccccc2=N1.[Fe+2]. The Balaban J connectivity index is 0.00000259. The molecule has 5 heteroatoms. The van der Waals surface area contributed by atoms with Gasteiger partial charge in [-0.3, -0.25) is 20.0 Å². The summed E-state index contributed by atoms with van der Waals surface area (Å²) in [5, 5.41) is 7.14. The molecule has 4 aromatic rings. The van der Waals surface area contributed by atoms with E-state index < -0.39 is 0 Å². The molecule has 1 aliphatic rings. The molecular formula is C28H20FeN4+2. The average Bonchev–Trinajstić information content (AvgIpc) is 2.85. The van der Waals surface area contributed by atoms with E-state index in [4.69, 9.17) is 20.0 Å². The normalized spacial score (nSPS) is 12.1. The van der Waals surface area contributed by atoms with E-state index in [1.807, 2.05) is 122 Å². The van der Waals surface area contributed by atoms with Crippen molar-refractivity contribution in [1.82, 2.24) is 0 Å². The van der Waals surface area contributed by atoms with Crippen LogP contribution in [0.2, 0.25) is 0 Å². The number of hydrogen-bond donors (Lipinski definition) is 0. The molecular weight excluding hydrogens is 448 g/mol. The van der Waals surface area contributed by atoms with Gasteiger partial charge in [-0.25, -0.2) is 0 Å². The Morgan fingerprint density at radius 3 is 0.758 bits per heavy atom. The van der Waals surface area contributed by atoms with Gasteiger partial charge in [0.2, 0.25) is 0 Å². The van der Waals surface area contributed by atoms with Crippen molar-refractivity contribution in [3.63, 3.8) is 0 Å². The van der Waals surface area contributed by atoms with Gasteiger partial charge in [-0.15, -0.1) is 0 Å². The van der Waals surface area contributed by atoms with E-state index in [0.717, 1.165) is 42.3 Å². The summed E-state index contributed by atoms with van der Waals surface area (Å²) in [6.45, 7) is 0. The summed E-state index contributed by atoms with van der Waals surface area (Å²) in [5.74, 6) is 0. The van der Waals surface area contributed by atoms with Crippen molar-refractivity contribution in [2.24, 2.45) is 20.0 Å². The van der Waals surface area contributed by atoms with Crippen molar-refractivity contribution in [2.45, 2.75) is 0 Å². The van der Waals surface area contributed by atoms with Gasteiger partial charge in [-0.05, 0) is 24.3 Å². The molecule has 158 valence electrons. The average molecular weight is 468 g/mol. The number of fused-ring (bicyclic) bond motifs is 4. The third-order valence-electron chi connectivity index (χ3n) is 5.12. The maximum atomic E-state index is 4.74. The number of benzene rings is 4. The largest absolute Gasteiger partial charge is 2.00 e. The Labute approximate surface area is 200 Å². The molecule has 0 fully saturated rings. The number of para-hydroxylation sites is 4. The fourth-order valence-corrected chi connectivity index (χ4v) is 3.41. The first-order valence-electron chi connectivity index (χ1n) is 10.4. The van der Waals surface area contributed by atoms with Crippen LogP contribution >= 0.6 is 0 Å². The monoisotopic (exact) mass is 468 g/mol. The van der Waals surface area contributed by atoms with E-state index >= 15 is 0 Å². The van der Waals surface area contributed by atoms with Crippen LogP contribution in [0.25, 0.3) is 24.8 Å². The van der Waals surface area contributed by atoms with Gasteiger partial charge in [0.15, 0.2) is 0 Å². The summed E-state index contributed by atoms with van der Waals surface area (Å²) in [5.41, 5.74) is 0. The van der Waals surface area contributed by atoms with Gasteiger partial charge in [0.25, 0.3) is 0 Å². The van der Waals surface area contributed by atoms with Crippen molar-refractivity contribution < 1.29 is 17.1 Å². The van der Waals surface area contributed by atoms with Gasteiger partial charge in [0.1, 0.15) is 0 Å². The third kappa shape index (κ3) is 5.29. The Hall–Kier alpha value is -3.92. The zero-order valence-corrected chi connectivity index (χ0v) is 18.8. The molecule has 0 saturated heterocycles. The van der Waals surface area contributed by atoms with Crippen molar-refractivity contribution in [3.05, 3.63) is 139 Å². The van der Waals surface area contributed by atoms with Crippen LogP contribution in [0, 0.1) is 0 Å². The van der Waals surface area contributed by atoms with Crippen LogP contribution in [0.4, 0.5) is 0 Å². The smallest absolute Gasteiger partial charge is 0.256 e. The second kappa shape index (κ2) is 10.6. The maximum absolute atomic E-state index is 4.74. The third-order valence-corrected chi connectivity index (χ3v) is 5.12. The van der Waals surface area contributed by atoms with Crippen LogP contribution in [-0.2, 0) is 17.1 Å². The van der Waals surface area contributed by atoms with Crippen LogP contribution in [-0.4, -0.2) is 0 Å². The van der Waals surface area contributed by atoms with Crippen molar-refractivity contribution in [1.29, 1.82) is 0 Å². The van der Waals surface area contributed by atoms with Gasteiger partial charge < -0.3 is 0 Å². The zero-order valence-electron chi connectivity index (χ0n) is 17.7. The summed E-state index contributed by atoms with van der Waals surface area (Å²) >= 11 is 0. The Kier molecular flexibility index (Phi) is 7.15. The Morgan fingerprint density at radius 1 is 0.303 bits per heavy atom. The van der Waals surface area contributed by atoms with E-state index in [1.165, 1.54) is 0 Å². The molecule has 0 radical (unpaired) electrons. The van der Waals surface area contributed by atoms with E-state index in [0.29, 0.717) is 0 Å². The first-order chi connectivity index (χ1) is 15.9. The minimum Gasteiger partial charge on any atom is -0.256 e. The zero-order chi connectivity index (χ0) is 21.6. The topological polar surface area (TPSA) is 49.4 Å². The van der Waals surface area contributed by atoms with Crippen LogP contribution in [0.1, 0.15) is 0 Å². The molecule has 1 heterocycles. The standard InChI is InChI=1S/C28H20N4.Fe/c1-5-13-25-21(9-1)17-29-26-14-6-2-11-23(26)19-31-28-16-8-4-12-24(28)20-32-27-15-7-3-10-22(27)18-30-25;/h1-20H;/q;+2. The van der Waals surface area contributed by atoms with Gasteiger partial charge in [0.05, 0.1) is 21.4 Å². The van der Waals surface area contributed by atoms with Crippen LogP contribution in [0.5, 0.6) is 0 Å². The fourth-order valence-electron chi connectivity index (χ4n) is 3.41. The van der Waals surface area contributed by atoms with Crippen molar-refractivity contribution in [2.75, 3.05) is 0 Å². The van der Waals surface area contributed by atoms with Gasteiger partial charge in [-0.1, -0.05) is 72.8 Å². The second-order valence-corrected chi connectivity index (χ2v) is 7.27. The van der Waals surface area contributed by atoms with Crippen molar-refractivity contribution >= 4 is 24.8 Å². The Morgan fingerprint density at radius 2 is 0.515 bits per heavy atom. The van der Waals surface area contributed by atoms with E-state index in [9.17, 15) is 0 Å². The molecule has 5 rings (SSSR count). The minimum absolute atomic E-state index is 0. The quantitative estimate of drug-likeness (QED) is 0.332. The number of rotatable bonds is 0. The minimum atomic E-state index is 0. The van der Waals surface area contributed by atoms with Gasteiger partial charge in [-0.2, -0.15) is 0 Å². The maximum Gasteiger partial charge on any atom is 2.00 e. The molecule has 1 aliphatic heterocycles. The first kappa shape index (κ1) is 22.3. The van der Waals surface area contributed by atoms with E-state index in [1.54, 1.807) is 0 Å². The first-order valence-corrected chi connectivity index (χ1v) is 10.4. The molecule has 4 nitrogen and oxygen atoms in total. The summed E-state index contributed by atoms with van der Waals surface area (Å²) < 4.78 is 0. The molecule has 0 bridgehead atoms. The van der Waals surface area contributed by atoms with Crippen LogP contribution < -0.4 is 42.3 Å². The molecule has 0 atom stereocenters. The summed E-state index contributed by atoms with van der Waals surface area (Å²) in [4.78, 5) is 19.0. The summed E-state index contributed by atoms with van der Waals surface area (Å²) in [7, 11) is 0. The number of nitrogens with zero attached hydrogens (tertiary/aromatic N) is 4. The molecule has 0 aromatic heterocycles. The fraction of sp³-hybridized carbons (Fsp3) is 0. The van der Waals surface area contributed by atoms with Crippen LogP contribution in [0.3, 0.4) is 0 Å². The molecule has 0 amide bonds. The van der Waals surface area contributed by atoms with E-state index in [2.05, 4.69) is 0 Å². The molecule has 33 heavy (non-hydrogen) atoms. The molecule has 0 saturated carbocycles. The van der Waals surface area contributed by atoms with Gasteiger partial charge in [0, 0.05) is 45.7 Å². The predicted molar refractivity (Wildman–Crippen MR) is 127 cm³/mol. The molecule has 0 N–H and O–H groups in total. The van der Waals surface area contributed by atoms with Gasteiger partial charge >= 0.3 is 17.1 Å². The molecule has 0 aliphatic carbocycles. The molecule has 4 aromatic carbocycles. The molecule has 0 spiro atoms. The molecule has 0 unspecified atom stereocenters. The van der Waals surface area contributed by atoms with Crippen LogP contribution in [0.15, 0.2) is 117 Å². The van der Waals surface area contributed by atoms with Crippen molar-refractivity contribution in [3.8, 4) is 0 Å².